The highest BCUT2D eigenvalue weighted by molar-refractivity contribution is 9.09. The van der Waals surface area contributed by atoms with Crippen molar-refractivity contribution in [3.05, 3.63) is 0 Å². The predicted octanol–water partition coefficient (Wildman–Crippen LogP) is 1.59. The third kappa shape index (κ3) is 4.77. The summed E-state index contributed by atoms with van der Waals surface area (Å²) in [5.41, 5.74) is 0. The van der Waals surface area contributed by atoms with Crippen LogP contribution in [0.15, 0.2) is 0 Å². The lowest BCUT2D eigenvalue weighted by molar-refractivity contribution is -0.140. The monoisotopic (exact) mass is 254 g/mol. The summed E-state index contributed by atoms with van der Waals surface area (Å²) in [6, 6.07) is 0. The van der Waals surface area contributed by atoms with Gasteiger partial charge < -0.3 is 4.74 Å². The minimum Gasteiger partial charge on any atom is -0.468 e. The van der Waals surface area contributed by atoms with Gasteiger partial charge in [-0.1, -0.05) is 27.7 Å². The number of ether oxygens (including phenoxy) is 1. The third-order valence-electron chi connectivity index (χ3n) is 1.14. The molecule has 0 radical (unpaired) electrons. The average Bonchev–Trinajstić information content (AvgIpc) is 2.01. The van der Waals surface area contributed by atoms with Crippen molar-refractivity contribution in [2.24, 2.45) is 0 Å². The Kier molecular flexibility index (Phi) is 6.47. The molecule has 70 valence electrons. The van der Waals surface area contributed by atoms with Crippen molar-refractivity contribution in [3.63, 3.8) is 0 Å². The lowest BCUT2D eigenvalue weighted by Gasteiger charge is -2.09. The first-order valence-corrected chi connectivity index (χ1v) is 5.43. The van der Waals surface area contributed by atoms with Crippen molar-refractivity contribution in [1.82, 2.24) is 0 Å². The highest BCUT2D eigenvalue weighted by Crippen LogP contribution is 2.17. The fraction of sp³-hybridized carbons (Fsp3) is 0.714. The quantitative estimate of drug-likeness (QED) is 0.565. The van der Waals surface area contributed by atoms with E-state index in [4.69, 9.17) is 0 Å². The van der Waals surface area contributed by atoms with Crippen LogP contribution >= 0.6 is 27.7 Å². The zero-order valence-corrected chi connectivity index (χ0v) is 9.41. The van der Waals surface area contributed by atoms with Crippen LogP contribution in [-0.2, 0) is 14.3 Å². The van der Waals surface area contributed by atoms with E-state index in [0.29, 0.717) is 11.8 Å². The molecule has 5 heteroatoms. The van der Waals surface area contributed by atoms with Gasteiger partial charge in [-0.15, -0.1) is 0 Å². The number of carbonyl (C=O) groups excluding carboxylic acids is 2. The Balaban J connectivity index is 4.02. The Morgan fingerprint density at radius 2 is 2.17 bits per heavy atom. The first-order chi connectivity index (χ1) is 5.61. The molecule has 0 aromatic heterocycles. The van der Waals surface area contributed by atoms with Crippen molar-refractivity contribution in [2.75, 3.05) is 12.4 Å². The van der Waals surface area contributed by atoms with Gasteiger partial charge in [0.25, 0.3) is 0 Å². The smallest absolute Gasteiger partial charge is 0.319 e. The number of rotatable bonds is 4. The number of halogens is 1. The van der Waals surface area contributed by atoms with Gasteiger partial charge in [0.05, 0.1) is 7.11 Å². The maximum Gasteiger partial charge on any atom is 0.319 e. The van der Waals surface area contributed by atoms with E-state index in [1.165, 1.54) is 14.0 Å². The first-order valence-electron chi connectivity index (χ1n) is 3.42. The minimum absolute atomic E-state index is 0.0636. The van der Waals surface area contributed by atoms with Crippen LogP contribution in [0.1, 0.15) is 13.3 Å². The van der Waals surface area contributed by atoms with E-state index in [1.807, 2.05) is 0 Å². The molecule has 0 aliphatic rings. The molecule has 0 amide bonds. The van der Waals surface area contributed by atoms with Crippen LogP contribution in [0.25, 0.3) is 0 Å². The van der Waals surface area contributed by atoms with E-state index in [0.717, 1.165) is 11.8 Å². The van der Waals surface area contributed by atoms with Crippen LogP contribution in [0, 0.1) is 0 Å². The van der Waals surface area contributed by atoms with Gasteiger partial charge in [-0.2, -0.15) is 0 Å². The van der Waals surface area contributed by atoms with Gasteiger partial charge in [0, 0.05) is 12.3 Å². The molecule has 0 aliphatic carbocycles. The van der Waals surface area contributed by atoms with Crippen LogP contribution in [-0.4, -0.2) is 28.8 Å². The molecule has 3 nitrogen and oxygen atoms in total. The van der Waals surface area contributed by atoms with Crippen molar-refractivity contribution < 1.29 is 14.3 Å². The summed E-state index contributed by atoms with van der Waals surface area (Å²) >= 11 is 4.22. The molecule has 0 spiro atoms. The Bertz CT molecular complexity index is 172. The fourth-order valence-electron chi connectivity index (χ4n) is 0.656. The summed E-state index contributed by atoms with van der Waals surface area (Å²) in [5.74, 6) is -0.338. The number of methoxy groups -OCH3 is 1. The molecule has 0 bridgehead atoms. The average molecular weight is 255 g/mol. The molecule has 12 heavy (non-hydrogen) atoms. The van der Waals surface area contributed by atoms with Crippen molar-refractivity contribution >= 4 is 38.8 Å². The maximum atomic E-state index is 11.0. The van der Waals surface area contributed by atoms with Crippen LogP contribution in [0.4, 0.5) is 0 Å². The molecule has 0 N–H and O–H groups in total. The van der Waals surface area contributed by atoms with Crippen LogP contribution in [0.5, 0.6) is 0 Å². The van der Waals surface area contributed by atoms with E-state index in [-0.39, 0.29) is 16.3 Å². The summed E-state index contributed by atoms with van der Waals surface area (Å²) in [6.07, 6.45) is 0.608. The first kappa shape index (κ1) is 12.0. The molecular formula is C7H11BrO3S. The second-order valence-electron chi connectivity index (χ2n) is 2.10. The largest absolute Gasteiger partial charge is 0.468 e. The highest BCUT2D eigenvalue weighted by atomic mass is 79.9. The van der Waals surface area contributed by atoms with Gasteiger partial charge in [0.15, 0.2) is 5.12 Å². The second-order valence-corrected chi connectivity index (χ2v) is 4.27. The summed E-state index contributed by atoms with van der Waals surface area (Å²) in [7, 11) is 1.32. The number of alkyl halides is 1. The molecular weight excluding hydrogens is 244 g/mol. The molecule has 0 saturated carbocycles. The van der Waals surface area contributed by atoms with E-state index in [1.54, 1.807) is 0 Å². The second kappa shape index (κ2) is 6.48. The lowest BCUT2D eigenvalue weighted by Crippen LogP contribution is -2.20. The predicted molar refractivity (Wildman–Crippen MR) is 52.5 cm³/mol. The van der Waals surface area contributed by atoms with E-state index >= 15 is 0 Å². The van der Waals surface area contributed by atoms with E-state index in [2.05, 4.69) is 20.7 Å². The number of hydrogen-bond acceptors (Lipinski definition) is 4. The molecule has 0 fully saturated rings. The van der Waals surface area contributed by atoms with Crippen LogP contribution < -0.4 is 0 Å². The van der Waals surface area contributed by atoms with Crippen molar-refractivity contribution in [1.29, 1.82) is 0 Å². The van der Waals surface area contributed by atoms with Crippen molar-refractivity contribution in [2.45, 2.75) is 18.6 Å². The zero-order chi connectivity index (χ0) is 9.56. The number of carbonyl (C=O) groups is 2. The third-order valence-corrected chi connectivity index (χ3v) is 2.65. The Morgan fingerprint density at radius 3 is 2.50 bits per heavy atom. The molecule has 0 heterocycles. The molecule has 1 unspecified atom stereocenters. The van der Waals surface area contributed by atoms with Gasteiger partial charge >= 0.3 is 5.97 Å². The van der Waals surface area contributed by atoms with Crippen LogP contribution in [0.2, 0.25) is 0 Å². The summed E-state index contributed by atoms with van der Waals surface area (Å²) in [5, 5.41) is 0.255. The highest BCUT2D eigenvalue weighted by Gasteiger charge is 2.20. The number of thioether (sulfide) groups is 1. The van der Waals surface area contributed by atoms with E-state index < -0.39 is 0 Å². The number of esters is 1. The molecule has 0 rings (SSSR count). The van der Waals surface area contributed by atoms with E-state index in [9.17, 15) is 9.59 Å². The molecule has 0 aliphatic heterocycles. The fourth-order valence-corrected chi connectivity index (χ4v) is 2.25. The zero-order valence-electron chi connectivity index (χ0n) is 7.00. The standard InChI is InChI=1S/C7H11BrO3S/c1-5(9)12-6(3-4-8)7(10)11-2/h6H,3-4H2,1-2H3. The van der Waals surface area contributed by atoms with Gasteiger partial charge in [0.1, 0.15) is 5.25 Å². The maximum absolute atomic E-state index is 11.0. The summed E-state index contributed by atoms with van der Waals surface area (Å²) < 4.78 is 4.53. The van der Waals surface area contributed by atoms with Gasteiger partial charge in [-0.25, -0.2) is 0 Å². The summed E-state index contributed by atoms with van der Waals surface area (Å²) in [4.78, 5) is 21.7. The lowest BCUT2D eigenvalue weighted by atomic mass is 10.3. The molecule has 0 saturated heterocycles. The SMILES string of the molecule is COC(=O)C(CCBr)SC(C)=O. The van der Waals surface area contributed by atoms with Crippen LogP contribution in [0.3, 0.4) is 0 Å². The molecule has 1 atom stereocenters. The molecule has 0 aromatic carbocycles. The van der Waals surface area contributed by atoms with Gasteiger partial charge in [-0.3, -0.25) is 9.59 Å². The molecule has 0 aromatic rings. The minimum atomic E-state index is -0.369. The normalized spacial score (nSPS) is 12.2. The topological polar surface area (TPSA) is 43.4 Å². The Hall–Kier alpha value is -0.0300. The Morgan fingerprint density at radius 1 is 1.58 bits per heavy atom. The summed E-state index contributed by atoms with van der Waals surface area (Å²) in [6.45, 7) is 1.44. The van der Waals surface area contributed by atoms with Gasteiger partial charge in [-0.05, 0) is 6.42 Å². The Labute approximate surface area is 84.4 Å². The van der Waals surface area contributed by atoms with Crippen molar-refractivity contribution in [3.8, 4) is 0 Å². The van der Waals surface area contributed by atoms with Gasteiger partial charge in [0.2, 0.25) is 0 Å². The number of hydrogen-bond donors (Lipinski definition) is 0.